The molecule has 102 valence electrons. The summed E-state index contributed by atoms with van der Waals surface area (Å²) >= 11 is 0. The fraction of sp³-hybridized carbons (Fsp3) is 0.385. The van der Waals surface area contributed by atoms with Crippen LogP contribution < -0.4 is 0 Å². The van der Waals surface area contributed by atoms with Crippen molar-refractivity contribution < 1.29 is 19.7 Å². The summed E-state index contributed by atoms with van der Waals surface area (Å²) < 4.78 is 4.74. The van der Waals surface area contributed by atoms with E-state index in [4.69, 9.17) is 4.74 Å². The summed E-state index contributed by atoms with van der Waals surface area (Å²) in [4.78, 5) is 18.3. The van der Waals surface area contributed by atoms with Crippen molar-refractivity contribution in [1.29, 1.82) is 0 Å². The second kappa shape index (κ2) is 5.81. The van der Waals surface area contributed by atoms with Gasteiger partial charge in [-0.3, -0.25) is 4.79 Å². The van der Waals surface area contributed by atoms with Crippen LogP contribution in [0.15, 0.2) is 24.5 Å². The minimum Gasteiger partial charge on any atom is -0.466 e. The minimum absolute atomic E-state index is 0.247. The molecule has 2 atom stereocenters. The van der Waals surface area contributed by atoms with E-state index in [1.807, 2.05) is 6.07 Å². The van der Waals surface area contributed by atoms with Crippen LogP contribution in [0.25, 0.3) is 11.0 Å². The molecule has 0 bridgehead atoms. The average molecular weight is 264 g/mol. The molecule has 0 radical (unpaired) electrons. The Morgan fingerprint density at radius 1 is 1.47 bits per heavy atom. The quantitative estimate of drug-likeness (QED) is 0.698. The molecule has 6 nitrogen and oxygen atoms in total. The SMILES string of the molecule is CCOC(=O)CC(O)C(O)c1cccc2[nH]cnc12. The van der Waals surface area contributed by atoms with Crippen LogP contribution in [-0.4, -0.2) is 38.9 Å². The first-order valence-electron chi connectivity index (χ1n) is 6.07. The molecule has 0 aliphatic heterocycles. The molecule has 1 aromatic carbocycles. The molecule has 0 aliphatic rings. The maximum atomic E-state index is 11.3. The Morgan fingerprint density at radius 2 is 2.26 bits per heavy atom. The molecule has 6 heteroatoms. The highest BCUT2D eigenvalue weighted by Crippen LogP contribution is 2.25. The number of aliphatic hydroxyl groups excluding tert-OH is 2. The topological polar surface area (TPSA) is 95.4 Å². The first-order valence-corrected chi connectivity index (χ1v) is 6.07. The Kier molecular flexibility index (Phi) is 4.13. The Balaban J connectivity index is 2.16. The summed E-state index contributed by atoms with van der Waals surface area (Å²) in [5.41, 5.74) is 1.83. The predicted molar refractivity (Wildman–Crippen MR) is 68.3 cm³/mol. The fourth-order valence-electron chi connectivity index (χ4n) is 1.94. The largest absolute Gasteiger partial charge is 0.466 e. The molecule has 2 aromatic rings. The van der Waals surface area contributed by atoms with Gasteiger partial charge in [-0.2, -0.15) is 0 Å². The van der Waals surface area contributed by atoms with Crippen LogP contribution in [0.5, 0.6) is 0 Å². The average Bonchev–Trinajstić information content (AvgIpc) is 2.86. The maximum Gasteiger partial charge on any atom is 0.308 e. The molecule has 0 spiro atoms. The van der Waals surface area contributed by atoms with Gasteiger partial charge in [-0.05, 0) is 13.0 Å². The van der Waals surface area contributed by atoms with Crippen molar-refractivity contribution in [3.63, 3.8) is 0 Å². The molecular formula is C13H16N2O4. The first kappa shape index (κ1) is 13.5. The van der Waals surface area contributed by atoms with Gasteiger partial charge in [0.25, 0.3) is 0 Å². The van der Waals surface area contributed by atoms with Crippen molar-refractivity contribution in [3.8, 4) is 0 Å². The predicted octanol–water partition coefficient (Wildman–Crippen LogP) is 0.910. The van der Waals surface area contributed by atoms with Crippen LogP contribution in [0, 0.1) is 0 Å². The van der Waals surface area contributed by atoms with E-state index in [0.717, 1.165) is 5.52 Å². The van der Waals surface area contributed by atoms with E-state index in [1.165, 1.54) is 6.33 Å². The van der Waals surface area contributed by atoms with Crippen LogP contribution in [0.2, 0.25) is 0 Å². The molecule has 0 amide bonds. The summed E-state index contributed by atoms with van der Waals surface area (Å²) in [5.74, 6) is -0.539. The van der Waals surface area contributed by atoms with Gasteiger partial charge in [0.2, 0.25) is 0 Å². The summed E-state index contributed by atoms with van der Waals surface area (Å²) in [6.07, 6.45) is -1.15. The number of nitrogens with one attached hydrogen (secondary N) is 1. The van der Waals surface area contributed by atoms with Gasteiger partial charge >= 0.3 is 5.97 Å². The van der Waals surface area contributed by atoms with Crippen molar-refractivity contribution >= 4 is 17.0 Å². The van der Waals surface area contributed by atoms with E-state index in [1.54, 1.807) is 19.1 Å². The minimum atomic E-state index is -1.22. The second-order valence-electron chi connectivity index (χ2n) is 4.17. The third-order valence-corrected chi connectivity index (χ3v) is 2.85. The van der Waals surface area contributed by atoms with Gasteiger partial charge in [0.15, 0.2) is 0 Å². The molecule has 2 rings (SSSR count). The van der Waals surface area contributed by atoms with Gasteiger partial charge < -0.3 is 19.9 Å². The molecule has 0 fully saturated rings. The fourth-order valence-corrected chi connectivity index (χ4v) is 1.94. The zero-order chi connectivity index (χ0) is 13.8. The highest BCUT2D eigenvalue weighted by Gasteiger charge is 2.24. The van der Waals surface area contributed by atoms with Gasteiger partial charge in [-0.1, -0.05) is 12.1 Å². The number of imidazole rings is 1. The third kappa shape index (κ3) is 2.91. The summed E-state index contributed by atoms with van der Waals surface area (Å²) in [6, 6.07) is 5.23. The van der Waals surface area contributed by atoms with Crippen LogP contribution in [0.1, 0.15) is 25.0 Å². The van der Waals surface area contributed by atoms with Crippen molar-refractivity contribution in [2.24, 2.45) is 0 Å². The first-order chi connectivity index (χ1) is 9.13. The number of esters is 1. The van der Waals surface area contributed by atoms with Crippen LogP contribution in [0.4, 0.5) is 0 Å². The number of nitrogens with zero attached hydrogens (tertiary/aromatic N) is 1. The van der Waals surface area contributed by atoms with Crippen LogP contribution >= 0.6 is 0 Å². The smallest absolute Gasteiger partial charge is 0.308 e. The number of H-pyrrole nitrogens is 1. The van der Waals surface area contributed by atoms with Gasteiger partial charge in [0.05, 0.1) is 36.5 Å². The Bertz CT molecular complexity index is 567. The molecular weight excluding hydrogens is 248 g/mol. The summed E-state index contributed by atoms with van der Waals surface area (Å²) in [5, 5.41) is 20.0. The maximum absolute atomic E-state index is 11.3. The number of benzene rings is 1. The molecule has 19 heavy (non-hydrogen) atoms. The van der Waals surface area contributed by atoms with Crippen molar-refractivity contribution in [2.45, 2.75) is 25.6 Å². The number of carbonyl (C=O) groups excluding carboxylic acids is 1. The van der Waals surface area contributed by atoms with Gasteiger partial charge in [-0.25, -0.2) is 4.98 Å². The zero-order valence-corrected chi connectivity index (χ0v) is 10.5. The number of carbonyl (C=O) groups is 1. The number of fused-ring (bicyclic) bond motifs is 1. The van der Waals surface area contributed by atoms with E-state index >= 15 is 0 Å². The lowest BCUT2D eigenvalue weighted by Crippen LogP contribution is -2.23. The molecule has 1 aromatic heterocycles. The number of para-hydroxylation sites is 1. The molecule has 1 heterocycles. The van der Waals surface area contributed by atoms with Crippen LogP contribution in [0.3, 0.4) is 0 Å². The molecule has 2 unspecified atom stereocenters. The normalized spacial score (nSPS) is 14.3. The lowest BCUT2D eigenvalue weighted by Gasteiger charge is -2.17. The number of aromatic nitrogens is 2. The van der Waals surface area contributed by atoms with Crippen molar-refractivity contribution in [3.05, 3.63) is 30.1 Å². The lowest BCUT2D eigenvalue weighted by atomic mass is 10.0. The van der Waals surface area contributed by atoms with E-state index in [2.05, 4.69) is 9.97 Å². The van der Waals surface area contributed by atoms with Gasteiger partial charge in [0.1, 0.15) is 6.10 Å². The van der Waals surface area contributed by atoms with Crippen molar-refractivity contribution in [1.82, 2.24) is 9.97 Å². The lowest BCUT2D eigenvalue weighted by molar-refractivity contribution is -0.147. The number of ether oxygens (including phenoxy) is 1. The Morgan fingerprint density at radius 3 is 3.00 bits per heavy atom. The summed E-state index contributed by atoms with van der Waals surface area (Å²) in [6.45, 7) is 1.93. The number of rotatable bonds is 5. The molecule has 0 saturated heterocycles. The number of hydrogen-bond donors (Lipinski definition) is 3. The Hall–Kier alpha value is -1.92. The molecule has 0 aliphatic carbocycles. The molecule has 3 N–H and O–H groups in total. The summed E-state index contributed by atoms with van der Waals surface area (Å²) in [7, 11) is 0. The number of aromatic amines is 1. The monoisotopic (exact) mass is 264 g/mol. The second-order valence-corrected chi connectivity index (χ2v) is 4.17. The Labute approximate surface area is 110 Å². The molecule has 0 saturated carbocycles. The number of hydrogen-bond acceptors (Lipinski definition) is 5. The van der Waals surface area contributed by atoms with E-state index in [-0.39, 0.29) is 13.0 Å². The van der Waals surface area contributed by atoms with E-state index < -0.39 is 18.2 Å². The van der Waals surface area contributed by atoms with Gasteiger partial charge in [-0.15, -0.1) is 0 Å². The third-order valence-electron chi connectivity index (χ3n) is 2.85. The van der Waals surface area contributed by atoms with Crippen LogP contribution in [-0.2, 0) is 9.53 Å². The highest BCUT2D eigenvalue weighted by molar-refractivity contribution is 5.78. The standard InChI is InChI=1S/C13H16N2O4/c1-2-19-11(17)6-10(16)13(18)8-4-3-5-9-12(8)15-7-14-9/h3-5,7,10,13,16,18H,2,6H2,1H3,(H,14,15). The van der Waals surface area contributed by atoms with E-state index in [9.17, 15) is 15.0 Å². The van der Waals surface area contributed by atoms with E-state index in [0.29, 0.717) is 11.1 Å². The van der Waals surface area contributed by atoms with Crippen molar-refractivity contribution in [2.75, 3.05) is 6.61 Å². The number of aliphatic hydroxyl groups is 2. The highest BCUT2D eigenvalue weighted by atomic mass is 16.5. The zero-order valence-electron chi connectivity index (χ0n) is 10.5. The van der Waals surface area contributed by atoms with Gasteiger partial charge in [0, 0.05) is 5.56 Å².